The topological polar surface area (TPSA) is 132 Å². The number of benzene rings is 5. The number of aromatic nitrogens is 6. The Kier molecular flexibility index (Phi) is 23.6. The minimum atomic E-state index is 0. The molecule has 8 radical (unpaired) electrons. The Bertz CT molecular complexity index is 3480. The van der Waals surface area contributed by atoms with Crippen molar-refractivity contribution >= 4 is 75.5 Å². The Balaban J connectivity index is 0.000000206. The van der Waals surface area contributed by atoms with E-state index in [1.165, 1.54) is 20.3 Å². The van der Waals surface area contributed by atoms with Crippen molar-refractivity contribution < 1.29 is 89.7 Å². The molecule has 5 aromatic carbocycles. The molecule has 0 amide bonds. The van der Waals surface area contributed by atoms with Gasteiger partial charge in [-0.2, -0.15) is 0 Å². The minimum Gasteiger partial charge on any atom is -0.581 e. The molecule has 0 spiro atoms. The van der Waals surface area contributed by atoms with Gasteiger partial charge in [-0.05, 0) is 61.2 Å². The van der Waals surface area contributed by atoms with E-state index < -0.39 is 0 Å². The van der Waals surface area contributed by atoms with Crippen LogP contribution in [-0.4, -0.2) is 45.6 Å². The fourth-order valence-corrected chi connectivity index (χ4v) is 9.35. The maximum atomic E-state index is 5.85. The smallest absolute Gasteiger partial charge is 0.371 e. The van der Waals surface area contributed by atoms with Crippen LogP contribution in [0.1, 0.15) is 23.7 Å². The van der Waals surface area contributed by atoms with Gasteiger partial charge in [-0.15, -0.1) is 87.6 Å². The van der Waals surface area contributed by atoms with Gasteiger partial charge in [0.05, 0.1) is 0 Å². The molecule has 370 valence electrons. The van der Waals surface area contributed by atoms with Crippen LogP contribution >= 0.6 is 22.7 Å². The molecule has 0 saturated heterocycles. The van der Waals surface area contributed by atoms with Crippen LogP contribution < -0.4 is 20.8 Å². The second kappa shape index (κ2) is 28.5. The number of fused-ring (bicyclic) bond motifs is 3. The first-order valence-corrected chi connectivity index (χ1v) is 23.2. The molecule has 18 heteroatoms. The van der Waals surface area contributed by atoms with Gasteiger partial charge in [-0.3, -0.25) is 14.3 Å². The standard InChI is InChI=1S/C15H10BN2O.C15H13N2S.C14H13N2S.C10H8BN2O.4Ir/c16-19-12-6-3-5-11(8-12)15-13-7-2-1-4-10(13)9-14(17)18-15;1-10-4-2-6-13(17-10)15-8-12-11(9-16)5-3-7-14(12)18-15;1-3-10-5-4-6-13-11(10)9-14(17-13)12-7-8-16(2)15-12;1-13-6-5-10(12-13)8-3-2-4-9(7-8)14-11;;;;/h1-7,9H,(H2,17,18);2-7H,9,16H2,1H3;4-8H,3H2,1-2H3;2-6H,1H3;;;;/q4*-1;;;;. The number of nitrogens with zero attached hydrogens (tertiary/aromatic N) is 6. The number of nitrogens with two attached hydrogens (primary N) is 2. The molecule has 0 unspecified atom stereocenters. The van der Waals surface area contributed by atoms with Crippen LogP contribution in [0.2, 0.25) is 0 Å². The summed E-state index contributed by atoms with van der Waals surface area (Å²) in [5.74, 6) is 1.44. The van der Waals surface area contributed by atoms with E-state index in [9.17, 15) is 0 Å². The number of thiophene rings is 2. The number of nitrogen functional groups attached to an aromatic ring is 1. The van der Waals surface area contributed by atoms with E-state index in [4.69, 9.17) is 32.2 Å². The fraction of sp³-hybridized carbons (Fsp3) is 0.111. The average molecular weight is 1690 g/mol. The zero-order valence-electron chi connectivity index (χ0n) is 39.2. The quantitative estimate of drug-likeness (QED) is 0.114. The summed E-state index contributed by atoms with van der Waals surface area (Å²) < 4.78 is 15.4. The first-order valence-electron chi connectivity index (χ1n) is 21.6. The summed E-state index contributed by atoms with van der Waals surface area (Å²) in [6, 6.07) is 56.4. The molecule has 11 rings (SSSR count). The maximum Gasteiger partial charge on any atom is 0.371 e. The molecule has 0 saturated carbocycles. The van der Waals surface area contributed by atoms with Gasteiger partial charge < -0.3 is 25.8 Å². The Morgan fingerprint density at radius 3 is 1.71 bits per heavy atom. The molecule has 0 aliphatic rings. The molecule has 6 aromatic heterocycles. The van der Waals surface area contributed by atoms with Crippen molar-refractivity contribution in [3.63, 3.8) is 0 Å². The summed E-state index contributed by atoms with van der Waals surface area (Å²) in [6.45, 7) is 4.73. The third-order valence-electron chi connectivity index (χ3n) is 10.6. The van der Waals surface area contributed by atoms with E-state index in [2.05, 4.69) is 86.3 Å². The molecular formula is C54H44B2Ir4N8O2S2-4. The largest absolute Gasteiger partial charge is 0.581 e. The summed E-state index contributed by atoms with van der Waals surface area (Å²) in [4.78, 5) is 11.1. The second-order valence-corrected chi connectivity index (χ2v) is 17.5. The van der Waals surface area contributed by atoms with E-state index in [0.29, 0.717) is 23.9 Å². The van der Waals surface area contributed by atoms with E-state index in [1.807, 2.05) is 129 Å². The van der Waals surface area contributed by atoms with Crippen LogP contribution in [0.5, 0.6) is 11.5 Å². The average Bonchev–Trinajstić information content (AvgIpc) is 4.21. The van der Waals surface area contributed by atoms with Crippen LogP contribution in [0, 0.1) is 31.2 Å². The molecule has 72 heavy (non-hydrogen) atoms. The van der Waals surface area contributed by atoms with Crippen molar-refractivity contribution in [3.8, 4) is 55.2 Å². The predicted molar refractivity (Wildman–Crippen MR) is 279 cm³/mol. The number of aryl methyl sites for hydroxylation is 4. The van der Waals surface area contributed by atoms with Gasteiger partial charge in [0, 0.05) is 141 Å². The zero-order valence-corrected chi connectivity index (χ0v) is 50.4. The Morgan fingerprint density at radius 2 is 1.12 bits per heavy atom. The minimum absolute atomic E-state index is 0. The molecule has 4 N–H and O–H groups in total. The van der Waals surface area contributed by atoms with Gasteiger partial charge in [0.1, 0.15) is 5.82 Å². The number of hydrogen-bond acceptors (Lipinski definition) is 10. The third-order valence-corrected chi connectivity index (χ3v) is 12.7. The first kappa shape index (κ1) is 59.6. The molecule has 6 heterocycles. The van der Waals surface area contributed by atoms with Crippen LogP contribution in [0.15, 0.2) is 146 Å². The van der Waals surface area contributed by atoms with Crippen molar-refractivity contribution in [1.29, 1.82) is 0 Å². The predicted octanol–water partition coefficient (Wildman–Crippen LogP) is 11.3. The normalized spacial score (nSPS) is 10.1. The van der Waals surface area contributed by atoms with Crippen LogP contribution in [0.25, 0.3) is 74.6 Å². The van der Waals surface area contributed by atoms with Crippen LogP contribution in [0.3, 0.4) is 0 Å². The van der Waals surface area contributed by atoms with Gasteiger partial charge in [-0.25, -0.2) is 32.9 Å². The zero-order chi connectivity index (χ0) is 47.6. The molecular weight excluding hydrogens is 1650 g/mol. The molecule has 0 aliphatic carbocycles. The number of rotatable bonds is 8. The van der Waals surface area contributed by atoms with Crippen LogP contribution in [0.4, 0.5) is 5.82 Å². The Morgan fingerprint density at radius 1 is 0.583 bits per heavy atom. The van der Waals surface area contributed by atoms with Gasteiger partial charge in [0.25, 0.3) is 0 Å². The van der Waals surface area contributed by atoms with E-state index >= 15 is 0 Å². The van der Waals surface area contributed by atoms with E-state index in [0.717, 1.165) is 77.5 Å². The first-order chi connectivity index (χ1) is 33.1. The van der Waals surface area contributed by atoms with E-state index in [-0.39, 0.29) is 80.4 Å². The SMILES string of the molecule is CCc1cccc2sc(-c3ccn(C)n3)[c-]c12.Cc1cccc(-c2[c-]c3c(CN)cccc3s2)n1.[B]Oc1[c-]c(-c2ccn(C)n2)ccc1.[B]Oc1[c-]c(-c2nc(N)cc3ccccc23)ccc1.[Ir].[Ir].[Ir].[Ir]. The molecule has 10 nitrogen and oxygen atoms in total. The summed E-state index contributed by atoms with van der Waals surface area (Å²) in [6.07, 6.45) is 4.89. The van der Waals surface area contributed by atoms with Gasteiger partial charge >= 0.3 is 16.1 Å². The fourth-order valence-electron chi connectivity index (χ4n) is 7.31. The summed E-state index contributed by atoms with van der Waals surface area (Å²) >= 11 is 3.48. The van der Waals surface area contributed by atoms with Crippen LogP contribution in [-0.2, 0) is 107 Å². The third kappa shape index (κ3) is 14.9. The number of anilines is 1. The Hall–Kier alpha value is -4.91. The summed E-state index contributed by atoms with van der Waals surface area (Å²) in [5.41, 5.74) is 20.4. The molecule has 0 atom stereocenters. The van der Waals surface area contributed by atoms with Gasteiger partial charge in [-0.1, -0.05) is 104 Å². The molecule has 0 aliphatic heterocycles. The van der Waals surface area contributed by atoms with Crippen molar-refractivity contribution in [3.05, 3.63) is 187 Å². The molecule has 0 bridgehead atoms. The van der Waals surface area contributed by atoms with Gasteiger partial charge in [0.15, 0.2) is 0 Å². The monoisotopic (exact) mass is 1690 g/mol. The van der Waals surface area contributed by atoms with Gasteiger partial charge in [0.2, 0.25) is 0 Å². The molecule has 0 fully saturated rings. The van der Waals surface area contributed by atoms with E-state index in [1.54, 1.807) is 39.5 Å². The maximum absolute atomic E-state index is 5.85. The summed E-state index contributed by atoms with van der Waals surface area (Å²) in [7, 11) is 14.0. The molecule has 11 aromatic rings. The van der Waals surface area contributed by atoms with Crippen molar-refractivity contribution in [2.24, 2.45) is 19.8 Å². The van der Waals surface area contributed by atoms with Crippen molar-refractivity contribution in [2.75, 3.05) is 5.73 Å². The second-order valence-electron chi connectivity index (χ2n) is 15.4. The van der Waals surface area contributed by atoms with Crippen molar-refractivity contribution in [2.45, 2.75) is 26.8 Å². The van der Waals surface area contributed by atoms with Crippen molar-refractivity contribution in [1.82, 2.24) is 29.5 Å². The Labute approximate surface area is 484 Å². The number of pyridine rings is 2. The number of hydrogen-bond donors (Lipinski definition) is 2. The summed E-state index contributed by atoms with van der Waals surface area (Å²) in [5, 5.41) is 13.1.